The normalized spacial score (nSPS) is 11.1. The Labute approximate surface area is 97.1 Å². The zero-order valence-electron chi connectivity index (χ0n) is 9.60. The van der Waals surface area contributed by atoms with Crippen molar-refractivity contribution in [1.29, 1.82) is 0 Å². The highest BCUT2D eigenvalue weighted by atomic mass is 79.9. The van der Waals surface area contributed by atoms with Gasteiger partial charge >= 0.3 is 0 Å². The summed E-state index contributed by atoms with van der Waals surface area (Å²) < 4.78 is 5.54. The molecule has 0 aliphatic heterocycles. The van der Waals surface area contributed by atoms with Crippen LogP contribution in [-0.4, -0.2) is 43.1 Å². The molecule has 0 heterocycles. The third kappa shape index (κ3) is 8.97. The number of nitrogens with zero attached hydrogens (tertiary/aromatic N) is 1. The Morgan fingerprint density at radius 3 is 2.36 bits per heavy atom. The van der Waals surface area contributed by atoms with Crippen LogP contribution in [0.25, 0.3) is 0 Å². The molecule has 0 N–H and O–H groups in total. The summed E-state index contributed by atoms with van der Waals surface area (Å²) in [5, 5.41) is 1.06. The molecule has 0 radical (unpaired) electrons. The molecular formula is C11H24BrNO. The molecule has 0 bridgehead atoms. The summed E-state index contributed by atoms with van der Waals surface area (Å²) in [5.41, 5.74) is 0. The van der Waals surface area contributed by atoms with E-state index in [1.54, 1.807) is 0 Å². The van der Waals surface area contributed by atoms with Crippen molar-refractivity contribution in [3.05, 3.63) is 0 Å². The fraction of sp³-hybridized carbons (Fsp3) is 1.00. The minimum absolute atomic E-state index is 0.882. The van der Waals surface area contributed by atoms with Crippen molar-refractivity contribution in [1.82, 2.24) is 4.90 Å². The molecule has 2 nitrogen and oxygen atoms in total. The number of hydrogen-bond donors (Lipinski definition) is 0. The first-order chi connectivity index (χ1) is 6.85. The van der Waals surface area contributed by atoms with Crippen LogP contribution < -0.4 is 0 Å². The predicted octanol–water partition coefficient (Wildman–Crippen LogP) is 2.91. The van der Waals surface area contributed by atoms with Gasteiger partial charge in [0.1, 0.15) is 0 Å². The maximum Gasteiger partial charge on any atom is 0.0593 e. The minimum Gasteiger partial charge on any atom is -0.380 e. The molecule has 86 valence electrons. The third-order valence-electron chi connectivity index (χ3n) is 2.13. The monoisotopic (exact) mass is 265 g/mol. The highest BCUT2D eigenvalue weighted by Gasteiger charge is 2.01. The minimum atomic E-state index is 0.882. The molecule has 0 atom stereocenters. The van der Waals surface area contributed by atoms with E-state index in [2.05, 4.69) is 34.7 Å². The Bertz CT molecular complexity index is 105. The zero-order valence-corrected chi connectivity index (χ0v) is 11.2. The van der Waals surface area contributed by atoms with Crippen molar-refractivity contribution in [2.45, 2.75) is 33.1 Å². The fourth-order valence-corrected chi connectivity index (χ4v) is 1.81. The van der Waals surface area contributed by atoms with E-state index >= 15 is 0 Å². The predicted molar refractivity (Wildman–Crippen MR) is 66.3 cm³/mol. The molecule has 0 aliphatic carbocycles. The van der Waals surface area contributed by atoms with E-state index in [1.165, 1.54) is 25.8 Å². The topological polar surface area (TPSA) is 12.5 Å². The second kappa shape index (κ2) is 11.5. The Hall–Kier alpha value is 0.400. The highest BCUT2D eigenvalue weighted by Crippen LogP contribution is 1.95. The van der Waals surface area contributed by atoms with Gasteiger partial charge in [0.25, 0.3) is 0 Å². The number of halogens is 1. The Morgan fingerprint density at radius 1 is 1.00 bits per heavy atom. The molecule has 3 heteroatoms. The number of rotatable bonds is 10. The van der Waals surface area contributed by atoms with Crippen LogP contribution in [0.15, 0.2) is 0 Å². The van der Waals surface area contributed by atoms with Crippen LogP contribution in [0.1, 0.15) is 33.1 Å². The first kappa shape index (κ1) is 14.4. The number of hydrogen-bond acceptors (Lipinski definition) is 2. The molecule has 0 aromatic rings. The summed E-state index contributed by atoms with van der Waals surface area (Å²) in [7, 11) is 0. The summed E-state index contributed by atoms with van der Waals surface area (Å²) >= 11 is 3.47. The first-order valence-corrected chi connectivity index (χ1v) is 6.83. The first-order valence-electron chi connectivity index (χ1n) is 5.71. The maximum absolute atomic E-state index is 5.54. The average molecular weight is 266 g/mol. The second-order valence-electron chi connectivity index (χ2n) is 3.50. The number of unbranched alkanes of at least 4 members (excludes halogenated alkanes) is 1. The quantitative estimate of drug-likeness (QED) is 0.445. The molecular weight excluding hydrogens is 242 g/mol. The average Bonchev–Trinajstić information content (AvgIpc) is 2.18. The molecule has 0 amide bonds. The molecule has 0 saturated carbocycles. The zero-order chi connectivity index (χ0) is 10.6. The molecule has 14 heavy (non-hydrogen) atoms. The Balaban J connectivity index is 3.30. The third-order valence-corrected chi connectivity index (χ3v) is 2.49. The molecule has 0 spiro atoms. The summed E-state index contributed by atoms with van der Waals surface area (Å²) in [6.45, 7) is 9.60. The largest absolute Gasteiger partial charge is 0.380 e. The van der Waals surface area contributed by atoms with E-state index in [9.17, 15) is 0 Å². The lowest BCUT2D eigenvalue weighted by molar-refractivity contribution is 0.104. The van der Waals surface area contributed by atoms with Gasteiger partial charge in [0, 0.05) is 25.0 Å². The van der Waals surface area contributed by atoms with Gasteiger partial charge in [-0.05, 0) is 19.4 Å². The lowest BCUT2D eigenvalue weighted by Gasteiger charge is -2.20. The summed E-state index contributed by atoms with van der Waals surface area (Å²) in [5.74, 6) is 0. The van der Waals surface area contributed by atoms with E-state index in [4.69, 9.17) is 4.74 Å². The Kier molecular flexibility index (Phi) is 11.8. The van der Waals surface area contributed by atoms with Crippen molar-refractivity contribution < 1.29 is 4.74 Å². The van der Waals surface area contributed by atoms with Crippen LogP contribution in [0.5, 0.6) is 0 Å². The van der Waals surface area contributed by atoms with Gasteiger partial charge in [0.15, 0.2) is 0 Å². The van der Waals surface area contributed by atoms with Gasteiger partial charge in [0.2, 0.25) is 0 Å². The van der Waals surface area contributed by atoms with E-state index < -0.39 is 0 Å². The SMILES string of the molecule is CCCCOCCN(CCC)CCBr. The van der Waals surface area contributed by atoms with Crippen molar-refractivity contribution in [2.75, 3.05) is 38.2 Å². The van der Waals surface area contributed by atoms with Crippen molar-refractivity contribution in [2.24, 2.45) is 0 Å². The van der Waals surface area contributed by atoms with Gasteiger partial charge in [-0.1, -0.05) is 36.2 Å². The van der Waals surface area contributed by atoms with Gasteiger partial charge in [0.05, 0.1) is 6.61 Å². The van der Waals surface area contributed by atoms with E-state index in [0.29, 0.717) is 0 Å². The van der Waals surface area contributed by atoms with E-state index in [-0.39, 0.29) is 0 Å². The van der Waals surface area contributed by atoms with Gasteiger partial charge in [-0.3, -0.25) is 0 Å². The van der Waals surface area contributed by atoms with Crippen LogP contribution >= 0.6 is 15.9 Å². The van der Waals surface area contributed by atoms with Crippen LogP contribution in [0.2, 0.25) is 0 Å². The molecule has 0 saturated heterocycles. The molecule has 0 fully saturated rings. The van der Waals surface area contributed by atoms with Gasteiger partial charge < -0.3 is 9.64 Å². The van der Waals surface area contributed by atoms with Gasteiger partial charge in [-0.15, -0.1) is 0 Å². The molecule has 0 aliphatic rings. The molecule has 0 aromatic heterocycles. The maximum atomic E-state index is 5.54. The summed E-state index contributed by atoms with van der Waals surface area (Å²) in [6, 6.07) is 0. The van der Waals surface area contributed by atoms with Crippen molar-refractivity contribution in [3.63, 3.8) is 0 Å². The summed E-state index contributed by atoms with van der Waals surface area (Å²) in [4.78, 5) is 2.45. The number of ether oxygens (including phenoxy) is 1. The molecule has 0 rings (SSSR count). The van der Waals surface area contributed by atoms with Crippen LogP contribution in [0.4, 0.5) is 0 Å². The number of alkyl halides is 1. The smallest absolute Gasteiger partial charge is 0.0593 e. The highest BCUT2D eigenvalue weighted by molar-refractivity contribution is 9.09. The van der Waals surface area contributed by atoms with Gasteiger partial charge in [-0.25, -0.2) is 0 Å². The van der Waals surface area contributed by atoms with Crippen LogP contribution in [0.3, 0.4) is 0 Å². The standard InChI is InChI=1S/C11H24BrNO/c1-3-5-10-14-11-9-13(7-4-2)8-6-12/h3-11H2,1-2H3. The lowest BCUT2D eigenvalue weighted by atomic mass is 10.4. The summed E-state index contributed by atoms with van der Waals surface area (Å²) in [6.07, 6.45) is 3.63. The molecule has 0 aromatic carbocycles. The Morgan fingerprint density at radius 2 is 1.79 bits per heavy atom. The second-order valence-corrected chi connectivity index (χ2v) is 4.29. The van der Waals surface area contributed by atoms with Crippen molar-refractivity contribution in [3.8, 4) is 0 Å². The lowest BCUT2D eigenvalue weighted by Crippen LogP contribution is -2.30. The fourth-order valence-electron chi connectivity index (χ4n) is 1.31. The van der Waals surface area contributed by atoms with Crippen molar-refractivity contribution >= 4 is 15.9 Å². The van der Waals surface area contributed by atoms with Gasteiger partial charge in [-0.2, -0.15) is 0 Å². The molecule has 0 unspecified atom stereocenters. The van der Waals surface area contributed by atoms with E-state index in [1.807, 2.05) is 0 Å². The van der Waals surface area contributed by atoms with E-state index in [0.717, 1.165) is 31.6 Å². The van der Waals surface area contributed by atoms with Crippen LogP contribution in [-0.2, 0) is 4.74 Å². The van der Waals surface area contributed by atoms with Crippen LogP contribution in [0, 0.1) is 0 Å².